The van der Waals surface area contributed by atoms with Crippen LogP contribution in [-0.4, -0.2) is 77.6 Å². The Morgan fingerprint density at radius 3 is 2.15 bits per heavy atom. The number of carbonyl (C=O) groups excluding carboxylic acids is 2. The molecule has 214 valence electrons. The van der Waals surface area contributed by atoms with E-state index < -0.39 is 17.6 Å². The second-order valence-electron chi connectivity index (χ2n) is 10.6. The Morgan fingerprint density at radius 2 is 1.65 bits per heavy atom. The molecule has 0 bridgehead atoms. The molecule has 1 unspecified atom stereocenters. The number of nitrogens with one attached hydrogen (secondary N) is 1. The van der Waals surface area contributed by atoms with E-state index >= 15 is 0 Å². The SMILES string of the molecule is CC(CC(C(=O)N(C)C)(c1ccccc1)c1ccccc1)N1CC[C@@H](NC(=O)c2ccc(Cl)cc2N)[C@H](O)C1.O. The van der Waals surface area contributed by atoms with E-state index in [1.807, 2.05) is 60.7 Å². The van der Waals surface area contributed by atoms with Gasteiger partial charge in [-0.1, -0.05) is 72.3 Å². The predicted molar refractivity (Wildman–Crippen MR) is 159 cm³/mol. The smallest absolute Gasteiger partial charge is 0.253 e. The number of carbonyl (C=O) groups is 2. The summed E-state index contributed by atoms with van der Waals surface area (Å²) in [7, 11) is 3.58. The van der Waals surface area contributed by atoms with E-state index in [0.717, 1.165) is 11.1 Å². The summed E-state index contributed by atoms with van der Waals surface area (Å²) in [5.41, 5.74) is 7.58. The van der Waals surface area contributed by atoms with E-state index in [0.29, 0.717) is 42.2 Å². The Morgan fingerprint density at radius 1 is 1.07 bits per heavy atom. The van der Waals surface area contributed by atoms with E-state index in [9.17, 15) is 14.7 Å². The van der Waals surface area contributed by atoms with Crippen LogP contribution in [0.2, 0.25) is 5.02 Å². The van der Waals surface area contributed by atoms with Crippen LogP contribution in [0.15, 0.2) is 78.9 Å². The highest BCUT2D eigenvalue weighted by molar-refractivity contribution is 6.31. The van der Waals surface area contributed by atoms with Gasteiger partial charge in [0, 0.05) is 43.9 Å². The number of aliphatic hydroxyl groups excluding tert-OH is 1. The van der Waals surface area contributed by atoms with Crippen molar-refractivity contribution >= 4 is 29.1 Å². The highest BCUT2D eigenvalue weighted by Gasteiger charge is 2.45. The highest BCUT2D eigenvalue weighted by atomic mass is 35.5. The minimum atomic E-state index is -0.895. The average Bonchev–Trinajstić information content (AvgIpc) is 2.93. The van der Waals surface area contributed by atoms with Crippen LogP contribution >= 0.6 is 11.6 Å². The number of nitrogen functional groups attached to an aromatic ring is 1. The van der Waals surface area contributed by atoms with Crippen LogP contribution in [0.5, 0.6) is 0 Å². The van der Waals surface area contributed by atoms with Crippen molar-refractivity contribution in [1.82, 2.24) is 15.1 Å². The minimum Gasteiger partial charge on any atom is -0.412 e. The molecular formula is C31H39ClN4O4. The van der Waals surface area contributed by atoms with Crippen LogP contribution in [0.4, 0.5) is 5.69 Å². The molecule has 0 aliphatic carbocycles. The van der Waals surface area contributed by atoms with Crippen molar-refractivity contribution in [2.75, 3.05) is 32.9 Å². The van der Waals surface area contributed by atoms with Gasteiger partial charge in [-0.2, -0.15) is 0 Å². The van der Waals surface area contributed by atoms with Crippen LogP contribution in [0, 0.1) is 0 Å². The second kappa shape index (κ2) is 13.3. The van der Waals surface area contributed by atoms with E-state index in [-0.39, 0.29) is 23.3 Å². The molecule has 1 saturated heterocycles. The summed E-state index contributed by atoms with van der Waals surface area (Å²) in [5.74, 6) is -0.325. The normalized spacial score (nSPS) is 18.3. The van der Waals surface area contributed by atoms with Gasteiger partial charge in [0.05, 0.1) is 17.7 Å². The highest BCUT2D eigenvalue weighted by Crippen LogP contribution is 2.39. The number of hydrogen-bond acceptors (Lipinski definition) is 5. The van der Waals surface area contributed by atoms with Crippen molar-refractivity contribution in [2.24, 2.45) is 0 Å². The van der Waals surface area contributed by atoms with Crippen LogP contribution in [0.1, 0.15) is 41.3 Å². The third kappa shape index (κ3) is 6.47. The van der Waals surface area contributed by atoms with Gasteiger partial charge in [0.15, 0.2) is 0 Å². The molecule has 3 aromatic rings. The summed E-state index contributed by atoms with van der Waals surface area (Å²) >= 11 is 5.96. The maximum Gasteiger partial charge on any atom is 0.253 e. The third-order valence-corrected chi connectivity index (χ3v) is 7.95. The molecule has 3 atom stereocenters. The van der Waals surface area contributed by atoms with Gasteiger partial charge in [0.1, 0.15) is 5.41 Å². The number of halogens is 1. The maximum absolute atomic E-state index is 14.0. The van der Waals surface area contributed by atoms with Crippen molar-refractivity contribution in [1.29, 1.82) is 0 Å². The van der Waals surface area contributed by atoms with E-state index in [4.69, 9.17) is 17.3 Å². The molecular weight excluding hydrogens is 528 g/mol. The molecule has 40 heavy (non-hydrogen) atoms. The lowest BCUT2D eigenvalue weighted by molar-refractivity contribution is -0.134. The molecule has 3 aromatic carbocycles. The Kier molecular flexibility index (Phi) is 10.3. The third-order valence-electron chi connectivity index (χ3n) is 7.72. The number of likely N-dealkylation sites (N-methyl/N-ethyl adjacent to an activating group) is 1. The van der Waals surface area contributed by atoms with Crippen LogP contribution in [0.3, 0.4) is 0 Å². The largest absolute Gasteiger partial charge is 0.412 e. The zero-order valence-electron chi connectivity index (χ0n) is 23.2. The Labute approximate surface area is 241 Å². The molecule has 6 N–H and O–H groups in total. The van der Waals surface area contributed by atoms with Gasteiger partial charge in [-0.05, 0) is 49.1 Å². The molecule has 0 spiro atoms. The van der Waals surface area contributed by atoms with Crippen LogP contribution in [0.25, 0.3) is 0 Å². The maximum atomic E-state index is 14.0. The number of anilines is 1. The number of piperidine rings is 1. The molecule has 8 nitrogen and oxygen atoms in total. The number of likely N-dealkylation sites (tertiary alicyclic amines) is 1. The fourth-order valence-corrected chi connectivity index (χ4v) is 5.83. The minimum absolute atomic E-state index is 0. The number of hydrogen-bond donors (Lipinski definition) is 3. The zero-order chi connectivity index (χ0) is 28.2. The summed E-state index contributed by atoms with van der Waals surface area (Å²) in [6.07, 6.45) is 0.324. The van der Waals surface area contributed by atoms with Crippen molar-refractivity contribution < 1.29 is 20.2 Å². The van der Waals surface area contributed by atoms with E-state index in [1.54, 1.807) is 31.1 Å². The number of nitrogens with zero attached hydrogens (tertiary/aromatic N) is 2. The molecule has 0 radical (unpaired) electrons. The molecule has 0 aromatic heterocycles. The number of amides is 2. The molecule has 1 aliphatic rings. The average molecular weight is 567 g/mol. The first kappa shape index (κ1) is 31.1. The Balaban J connectivity index is 0.00000441. The number of benzene rings is 3. The molecule has 4 rings (SSSR count). The van der Waals surface area contributed by atoms with Gasteiger partial charge in [-0.3, -0.25) is 14.5 Å². The lowest BCUT2D eigenvalue weighted by Crippen LogP contribution is -2.57. The van der Waals surface area contributed by atoms with Gasteiger partial charge in [0.25, 0.3) is 5.91 Å². The predicted octanol–water partition coefficient (Wildman–Crippen LogP) is 3.12. The van der Waals surface area contributed by atoms with Crippen molar-refractivity contribution in [2.45, 2.75) is 43.4 Å². The summed E-state index contributed by atoms with van der Waals surface area (Å²) in [6.45, 7) is 3.14. The molecule has 2 amide bonds. The van der Waals surface area contributed by atoms with Crippen LogP contribution < -0.4 is 11.1 Å². The van der Waals surface area contributed by atoms with E-state index in [1.165, 1.54) is 6.07 Å². The van der Waals surface area contributed by atoms with Gasteiger partial charge in [-0.25, -0.2) is 0 Å². The van der Waals surface area contributed by atoms with Crippen LogP contribution in [-0.2, 0) is 10.2 Å². The lowest BCUT2D eigenvalue weighted by Gasteiger charge is -2.44. The number of nitrogens with two attached hydrogens (primary N) is 1. The van der Waals surface area contributed by atoms with Gasteiger partial charge in [-0.15, -0.1) is 0 Å². The van der Waals surface area contributed by atoms with Crippen molar-refractivity contribution in [3.05, 3.63) is 101 Å². The fourth-order valence-electron chi connectivity index (χ4n) is 5.65. The molecule has 1 fully saturated rings. The monoisotopic (exact) mass is 566 g/mol. The quantitative estimate of drug-likeness (QED) is 0.361. The summed E-state index contributed by atoms with van der Waals surface area (Å²) in [6, 6.07) is 24.1. The first-order valence-electron chi connectivity index (χ1n) is 13.2. The Hall–Kier alpha value is -3.43. The van der Waals surface area contributed by atoms with Gasteiger partial charge < -0.3 is 26.5 Å². The van der Waals surface area contributed by atoms with Crippen molar-refractivity contribution in [3.63, 3.8) is 0 Å². The summed E-state index contributed by atoms with van der Waals surface area (Å²) < 4.78 is 0. The number of β-amino-alcohol motifs (C(OH)–C–C–N with tert-alkyl or cyclic N) is 1. The molecule has 1 aliphatic heterocycles. The number of rotatable bonds is 8. The van der Waals surface area contributed by atoms with E-state index in [2.05, 4.69) is 17.1 Å². The van der Waals surface area contributed by atoms with Gasteiger partial charge >= 0.3 is 0 Å². The molecule has 0 saturated carbocycles. The van der Waals surface area contributed by atoms with Gasteiger partial charge in [0.2, 0.25) is 5.91 Å². The van der Waals surface area contributed by atoms with Crippen molar-refractivity contribution in [3.8, 4) is 0 Å². The molecule has 9 heteroatoms. The fraction of sp³-hybridized carbons (Fsp3) is 0.355. The first-order chi connectivity index (χ1) is 18.6. The second-order valence-corrected chi connectivity index (χ2v) is 11.0. The standard InChI is InChI=1S/C31H37ClN4O3.H2O/c1-21(36-17-16-27(28(37)20-36)34-29(38)25-15-14-24(32)18-26(25)33)19-31(30(39)35(2)3,22-10-6-4-7-11-22)23-12-8-5-9-13-23;/h4-15,18,21,27-28,37H,16-17,19-20,33H2,1-3H3,(H,34,38);1H2/t21?,27-,28-;/m1./s1. The lowest BCUT2D eigenvalue weighted by atomic mass is 9.69. The molecule has 1 heterocycles. The first-order valence-corrected chi connectivity index (χ1v) is 13.6. The Bertz CT molecular complexity index is 1250. The topological polar surface area (TPSA) is 130 Å². The summed E-state index contributed by atoms with van der Waals surface area (Å²) in [5, 5.41) is 14.4. The zero-order valence-corrected chi connectivity index (χ0v) is 23.9. The number of aliphatic hydroxyl groups is 1. The summed E-state index contributed by atoms with van der Waals surface area (Å²) in [4.78, 5) is 30.7.